The molecule has 0 spiro atoms. The molecule has 1 nitrogen and oxygen atoms in total. The smallest absolute Gasteiger partial charge is 0.0108 e. The predicted molar refractivity (Wildman–Crippen MR) is 53.3 cm³/mol. The zero-order valence-corrected chi connectivity index (χ0v) is 8.49. The lowest BCUT2D eigenvalue weighted by atomic mass is 10.1. The van der Waals surface area contributed by atoms with Crippen LogP contribution in [0.3, 0.4) is 0 Å². The maximum atomic E-state index is 2.53. The van der Waals surface area contributed by atoms with Gasteiger partial charge in [-0.25, -0.2) is 0 Å². The predicted octanol–water partition coefficient (Wildman–Crippen LogP) is 2.22. The maximum Gasteiger partial charge on any atom is 0.0108 e. The van der Waals surface area contributed by atoms with Crippen molar-refractivity contribution in [2.45, 2.75) is 32.2 Å². The second-order valence-electron chi connectivity index (χ2n) is 3.32. The van der Waals surface area contributed by atoms with Crippen LogP contribution in [-0.4, -0.2) is 36.0 Å². The van der Waals surface area contributed by atoms with E-state index in [0.29, 0.717) is 0 Å². The highest BCUT2D eigenvalue weighted by molar-refractivity contribution is 7.99. The minimum Gasteiger partial charge on any atom is -0.303 e. The van der Waals surface area contributed by atoms with Gasteiger partial charge in [-0.1, -0.05) is 6.92 Å². The molecule has 1 saturated heterocycles. The molecular formula is C9H19NS. The average molecular weight is 173 g/mol. The first kappa shape index (κ1) is 9.40. The second kappa shape index (κ2) is 5.04. The second-order valence-corrected chi connectivity index (χ2v) is 4.55. The van der Waals surface area contributed by atoms with E-state index in [0.717, 1.165) is 6.04 Å². The third-order valence-electron chi connectivity index (χ3n) is 2.39. The zero-order valence-electron chi connectivity index (χ0n) is 7.68. The Morgan fingerprint density at radius 3 is 2.55 bits per heavy atom. The molecule has 1 aliphatic rings. The fourth-order valence-corrected chi connectivity index (χ4v) is 2.74. The van der Waals surface area contributed by atoms with Gasteiger partial charge in [0.2, 0.25) is 0 Å². The minimum absolute atomic E-state index is 0.885. The van der Waals surface area contributed by atoms with Crippen LogP contribution in [0.4, 0.5) is 0 Å². The Morgan fingerprint density at radius 1 is 1.36 bits per heavy atom. The van der Waals surface area contributed by atoms with Crippen LogP contribution in [0.25, 0.3) is 0 Å². The van der Waals surface area contributed by atoms with E-state index in [1.54, 1.807) is 0 Å². The molecule has 0 saturated carbocycles. The van der Waals surface area contributed by atoms with Crippen molar-refractivity contribution in [1.82, 2.24) is 4.90 Å². The van der Waals surface area contributed by atoms with E-state index in [1.807, 2.05) is 0 Å². The molecule has 0 aliphatic carbocycles. The summed E-state index contributed by atoms with van der Waals surface area (Å²) in [7, 11) is 2.27. The van der Waals surface area contributed by atoms with E-state index >= 15 is 0 Å². The first-order valence-electron chi connectivity index (χ1n) is 4.62. The molecule has 1 heterocycles. The van der Waals surface area contributed by atoms with Crippen molar-refractivity contribution in [2.75, 3.05) is 25.1 Å². The van der Waals surface area contributed by atoms with Gasteiger partial charge in [0.15, 0.2) is 0 Å². The molecule has 1 aliphatic heterocycles. The molecule has 1 fully saturated rings. The number of rotatable bonds is 3. The fraction of sp³-hybridized carbons (Fsp3) is 1.00. The van der Waals surface area contributed by atoms with Crippen LogP contribution < -0.4 is 0 Å². The van der Waals surface area contributed by atoms with E-state index in [4.69, 9.17) is 0 Å². The van der Waals surface area contributed by atoms with Gasteiger partial charge in [0.05, 0.1) is 0 Å². The summed E-state index contributed by atoms with van der Waals surface area (Å²) in [6, 6.07) is 0.885. The average Bonchev–Trinajstić information content (AvgIpc) is 2.07. The summed E-state index contributed by atoms with van der Waals surface area (Å²) in [5.41, 5.74) is 0. The molecular weight excluding hydrogens is 154 g/mol. The van der Waals surface area contributed by atoms with Crippen LogP contribution >= 0.6 is 11.8 Å². The van der Waals surface area contributed by atoms with Gasteiger partial charge in [-0.15, -0.1) is 0 Å². The van der Waals surface area contributed by atoms with Crippen LogP contribution in [0.15, 0.2) is 0 Å². The first-order valence-corrected chi connectivity index (χ1v) is 5.78. The van der Waals surface area contributed by atoms with E-state index < -0.39 is 0 Å². The number of thioether (sulfide) groups is 1. The van der Waals surface area contributed by atoms with E-state index in [9.17, 15) is 0 Å². The van der Waals surface area contributed by atoms with Gasteiger partial charge in [-0.05, 0) is 44.4 Å². The fourth-order valence-electron chi connectivity index (χ4n) is 1.66. The van der Waals surface area contributed by atoms with Crippen LogP contribution in [0.1, 0.15) is 26.2 Å². The van der Waals surface area contributed by atoms with Crippen molar-refractivity contribution in [3.8, 4) is 0 Å². The Morgan fingerprint density at radius 2 is 2.00 bits per heavy atom. The summed E-state index contributed by atoms with van der Waals surface area (Å²) in [5, 5.41) is 0. The number of hydrogen-bond acceptors (Lipinski definition) is 2. The van der Waals surface area contributed by atoms with Gasteiger partial charge < -0.3 is 4.90 Å². The zero-order chi connectivity index (χ0) is 8.10. The van der Waals surface area contributed by atoms with Crippen LogP contribution in [0.2, 0.25) is 0 Å². The van der Waals surface area contributed by atoms with E-state index in [2.05, 4.69) is 30.6 Å². The maximum absolute atomic E-state index is 2.53. The SMILES string of the molecule is CCCN(C)C1CCSCC1. The molecule has 0 aromatic heterocycles. The van der Waals surface area contributed by atoms with Gasteiger partial charge >= 0.3 is 0 Å². The monoisotopic (exact) mass is 173 g/mol. The van der Waals surface area contributed by atoms with Gasteiger partial charge in [0.25, 0.3) is 0 Å². The highest BCUT2D eigenvalue weighted by Gasteiger charge is 2.16. The highest BCUT2D eigenvalue weighted by Crippen LogP contribution is 2.20. The van der Waals surface area contributed by atoms with Gasteiger partial charge in [0, 0.05) is 6.04 Å². The molecule has 1 rings (SSSR count). The normalized spacial score (nSPS) is 21.0. The van der Waals surface area contributed by atoms with Crippen molar-refractivity contribution in [3.05, 3.63) is 0 Å². The van der Waals surface area contributed by atoms with E-state index in [-0.39, 0.29) is 0 Å². The summed E-state index contributed by atoms with van der Waals surface area (Å²) < 4.78 is 0. The standard InChI is InChI=1S/C9H19NS/c1-3-6-10(2)9-4-7-11-8-5-9/h9H,3-8H2,1-2H3. The Bertz CT molecular complexity index is 99.7. The molecule has 0 atom stereocenters. The summed E-state index contributed by atoms with van der Waals surface area (Å²) in [6.07, 6.45) is 4.10. The first-order chi connectivity index (χ1) is 5.34. The molecule has 0 N–H and O–H groups in total. The van der Waals surface area contributed by atoms with Gasteiger partial charge in [-0.3, -0.25) is 0 Å². The Kier molecular flexibility index (Phi) is 4.31. The summed E-state index contributed by atoms with van der Waals surface area (Å²) in [5.74, 6) is 2.75. The van der Waals surface area contributed by atoms with Crippen LogP contribution in [-0.2, 0) is 0 Å². The topological polar surface area (TPSA) is 3.24 Å². The summed E-state index contributed by atoms with van der Waals surface area (Å²) in [6.45, 7) is 3.53. The molecule has 0 radical (unpaired) electrons. The Labute approximate surface area is 74.5 Å². The van der Waals surface area contributed by atoms with Crippen molar-refractivity contribution < 1.29 is 0 Å². The van der Waals surface area contributed by atoms with Crippen LogP contribution in [0, 0.1) is 0 Å². The molecule has 11 heavy (non-hydrogen) atoms. The number of hydrogen-bond donors (Lipinski definition) is 0. The molecule has 0 aromatic rings. The molecule has 0 aromatic carbocycles. The third kappa shape index (κ3) is 3.04. The lowest BCUT2D eigenvalue weighted by molar-refractivity contribution is 0.230. The lowest BCUT2D eigenvalue weighted by Gasteiger charge is -2.30. The van der Waals surface area contributed by atoms with Crippen molar-refractivity contribution >= 4 is 11.8 Å². The van der Waals surface area contributed by atoms with Crippen LogP contribution in [0.5, 0.6) is 0 Å². The van der Waals surface area contributed by atoms with Crippen molar-refractivity contribution in [2.24, 2.45) is 0 Å². The Balaban J connectivity index is 2.21. The Hall–Kier alpha value is 0.310. The minimum atomic E-state index is 0.885. The highest BCUT2D eigenvalue weighted by atomic mass is 32.2. The lowest BCUT2D eigenvalue weighted by Crippen LogP contribution is -2.35. The molecule has 2 heteroatoms. The molecule has 0 unspecified atom stereocenters. The molecule has 0 bridgehead atoms. The van der Waals surface area contributed by atoms with Gasteiger partial charge in [0.1, 0.15) is 0 Å². The van der Waals surface area contributed by atoms with Crippen molar-refractivity contribution in [1.29, 1.82) is 0 Å². The van der Waals surface area contributed by atoms with E-state index in [1.165, 1.54) is 37.3 Å². The molecule has 0 amide bonds. The quantitative estimate of drug-likeness (QED) is 0.644. The van der Waals surface area contributed by atoms with Gasteiger partial charge in [-0.2, -0.15) is 11.8 Å². The summed E-state index contributed by atoms with van der Waals surface area (Å²) >= 11 is 2.11. The van der Waals surface area contributed by atoms with Crippen molar-refractivity contribution in [3.63, 3.8) is 0 Å². The largest absolute Gasteiger partial charge is 0.303 e. The molecule has 66 valence electrons. The summed E-state index contributed by atoms with van der Waals surface area (Å²) in [4.78, 5) is 2.53. The third-order valence-corrected chi connectivity index (χ3v) is 3.44. The number of nitrogens with zero attached hydrogens (tertiary/aromatic N) is 1.